The van der Waals surface area contributed by atoms with E-state index < -0.39 is 11.7 Å². The Balaban J connectivity index is 2.00. The van der Waals surface area contributed by atoms with Gasteiger partial charge in [-0.3, -0.25) is 4.57 Å². The molecule has 0 saturated heterocycles. The molecule has 0 N–H and O–H groups in total. The van der Waals surface area contributed by atoms with Crippen molar-refractivity contribution < 1.29 is 13.2 Å². The fraction of sp³-hybridized carbons (Fsp3) is 0.0952. The summed E-state index contributed by atoms with van der Waals surface area (Å²) in [7, 11) is 0. The van der Waals surface area contributed by atoms with Gasteiger partial charge in [-0.2, -0.15) is 13.2 Å². The van der Waals surface area contributed by atoms with Crippen LogP contribution in [-0.4, -0.2) is 9.55 Å². The normalized spacial score (nSPS) is 11.9. The Labute approximate surface area is 162 Å². The average Bonchev–Trinajstić information content (AvgIpc) is 3.01. The zero-order valence-corrected chi connectivity index (χ0v) is 15.8. The molecule has 0 aliphatic carbocycles. The van der Waals surface area contributed by atoms with E-state index in [0.717, 1.165) is 33.4 Å². The molecule has 0 saturated carbocycles. The molecular weight excluding hydrogens is 417 g/mol. The van der Waals surface area contributed by atoms with Crippen molar-refractivity contribution >= 4 is 27.0 Å². The lowest BCUT2D eigenvalue weighted by atomic mass is 10.1. The Morgan fingerprint density at radius 3 is 2.19 bits per heavy atom. The summed E-state index contributed by atoms with van der Waals surface area (Å²) in [6, 6.07) is 19.0. The van der Waals surface area contributed by atoms with E-state index in [1.165, 1.54) is 6.07 Å². The molecule has 0 amide bonds. The third kappa shape index (κ3) is 3.37. The number of aryl methyl sites for hydroxylation is 1. The van der Waals surface area contributed by atoms with Gasteiger partial charge in [0, 0.05) is 15.7 Å². The molecule has 0 bridgehead atoms. The SMILES string of the molecule is Cc1ccc(-n2c(-c3ccc(Br)cc3)nc3cc(C(F)(F)F)ccc32)cc1. The molecular formula is C21H14BrF3N2. The molecule has 0 atom stereocenters. The van der Waals surface area contributed by atoms with Crippen molar-refractivity contribution in [3.63, 3.8) is 0 Å². The minimum atomic E-state index is -4.40. The molecule has 0 fully saturated rings. The zero-order chi connectivity index (χ0) is 19.2. The fourth-order valence-corrected chi connectivity index (χ4v) is 3.27. The lowest BCUT2D eigenvalue weighted by Crippen LogP contribution is -2.04. The Bertz CT molecular complexity index is 1110. The van der Waals surface area contributed by atoms with Crippen LogP contribution in [0.25, 0.3) is 28.1 Å². The van der Waals surface area contributed by atoms with Crippen molar-refractivity contribution in [2.75, 3.05) is 0 Å². The summed E-state index contributed by atoms with van der Waals surface area (Å²) in [5.41, 5.74) is 3.01. The third-order valence-corrected chi connectivity index (χ3v) is 4.91. The van der Waals surface area contributed by atoms with Gasteiger partial charge in [0.15, 0.2) is 0 Å². The first-order valence-electron chi connectivity index (χ1n) is 8.25. The number of fused-ring (bicyclic) bond motifs is 1. The highest BCUT2D eigenvalue weighted by Crippen LogP contribution is 2.34. The number of nitrogens with zero attached hydrogens (tertiary/aromatic N) is 2. The van der Waals surface area contributed by atoms with Crippen molar-refractivity contribution in [1.82, 2.24) is 9.55 Å². The Morgan fingerprint density at radius 2 is 1.56 bits per heavy atom. The third-order valence-electron chi connectivity index (χ3n) is 4.38. The van der Waals surface area contributed by atoms with E-state index >= 15 is 0 Å². The van der Waals surface area contributed by atoms with Gasteiger partial charge in [-0.1, -0.05) is 45.8 Å². The van der Waals surface area contributed by atoms with Crippen molar-refractivity contribution in [2.24, 2.45) is 0 Å². The van der Waals surface area contributed by atoms with Crippen LogP contribution in [0.4, 0.5) is 13.2 Å². The molecule has 1 aromatic heterocycles. The van der Waals surface area contributed by atoms with Crippen LogP contribution in [0.15, 0.2) is 71.2 Å². The molecule has 0 spiro atoms. The molecule has 6 heteroatoms. The second-order valence-corrected chi connectivity index (χ2v) is 7.23. The van der Waals surface area contributed by atoms with E-state index in [0.29, 0.717) is 16.9 Å². The lowest BCUT2D eigenvalue weighted by Gasteiger charge is -2.11. The van der Waals surface area contributed by atoms with Crippen molar-refractivity contribution in [3.8, 4) is 17.1 Å². The molecule has 0 aliphatic heterocycles. The van der Waals surface area contributed by atoms with Gasteiger partial charge in [-0.25, -0.2) is 4.98 Å². The first-order valence-corrected chi connectivity index (χ1v) is 9.05. The lowest BCUT2D eigenvalue weighted by molar-refractivity contribution is -0.137. The van der Waals surface area contributed by atoms with Gasteiger partial charge in [0.25, 0.3) is 0 Å². The van der Waals surface area contributed by atoms with Crippen LogP contribution >= 0.6 is 15.9 Å². The maximum absolute atomic E-state index is 13.1. The van der Waals surface area contributed by atoms with Crippen molar-refractivity contribution in [1.29, 1.82) is 0 Å². The van der Waals surface area contributed by atoms with Crippen LogP contribution in [0.5, 0.6) is 0 Å². The van der Waals surface area contributed by atoms with E-state index in [4.69, 9.17) is 0 Å². The molecule has 0 radical (unpaired) electrons. The standard InChI is InChI=1S/C21H14BrF3N2/c1-13-2-9-17(10-3-13)27-19-11-6-15(21(23,24)25)12-18(19)26-20(27)14-4-7-16(22)8-5-14/h2-12H,1H3. The Kier molecular flexibility index (Phi) is 4.30. The molecule has 1 heterocycles. The number of rotatable bonds is 2. The molecule has 136 valence electrons. The fourth-order valence-electron chi connectivity index (χ4n) is 3.00. The van der Waals surface area contributed by atoms with Crippen LogP contribution < -0.4 is 0 Å². The van der Waals surface area contributed by atoms with E-state index in [1.807, 2.05) is 60.0 Å². The number of aromatic nitrogens is 2. The van der Waals surface area contributed by atoms with Gasteiger partial charge in [-0.15, -0.1) is 0 Å². The summed E-state index contributed by atoms with van der Waals surface area (Å²) in [6.45, 7) is 1.99. The van der Waals surface area contributed by atoms with Crippen molar-refractivity contribution in [3.05, 3.63) is 82.3 Å². The minimum absolute atomic E-state index is 0.309. The summed E-state index contributed by atoms with van der Waals surface area (Å²) in [5, 5.41) is 0. The smallest absolute Gasteiger partial charge is 0.292 e. The summed E-state index contributed by atoms with van der Waals surface area (Å²) >= 11 is 3.40. The Morgan fingerprint density at radius 1 is 0.889 bits per heavy atom. The summed E-state index contributed by atoms with van der Waals surface area (Å²) < 4.78 is 42.2. The van der Waals surface area contributed by atoms with Crippen molar-refractivity contribution in [2.45, 2.75) is 13.1 Å². The quantitative estimate of drug-likeness (QED) is 0.342. The minimum Gasteiger partial charge on any atom is -0.292 e. The highest BCUT2D eigenvalue weighted by Gasteiger charge is 2.31. The van der Waals surface area contributed by atoms with E-state index in [-0.39, 0.29) is 0 Å². The van der Waals surface area contributed by atoms with Crippen LogP contribution in [0, 0.1) is 6.92 Å². The Hall–Kier alpha value is -2.60. The first kappa shape index (κ1) is 17.8. The van der Waals surface area contributed by atoms with Gasteiger partial charge in [0.05, 0.1) is 16.6 Å². The molecule has 4 aromatic rings. The van der Waals surface area contributed by atoms with Gasteiger partial charge < -0.3 is 0 Å². The second-order valence-electron chi connectivity index (χ2n) is 6.31. The van der Waals surface area contributed by atoms with E-state index in [2.05, 4.69) is 20.9 Å². The number of benzene rings is 3. The maximum Gasteiger partial charge on any atom is 0.416 e. The highest BCUT2D eigenvalue weighted by atomic mass is 79.9. The van der Waals surface area contributed by atoms with Gasteiger partial charge in [0.2, 0.25) is 0 Å². The van der Waals surface area contributed by atoms with Crippen LogP contribution in [0.3, 0.4) is 0 Å². The molecule has 2 nitrogen and oxygen atoms in total. The monoisotopic (exact) mass is 430 g/mol. The van der Waals surface area contributed by atoms with Crippen LogP contribution in [0.2, 0.25) is 0 Å². The number of halogens is 4. The molecule has 0 aliphatic rings. The molecule has 0 unspecified atom stereocenters. The highest BCUT2D eigenvalue weighted by molar-refractivity contribution is 9.10. The van der Waals surface area contributed by atoms with E-state index in [9.17, 15) is 13.2 Å². The van der Waals surface area contributed by atoms with Crippen LogP contribution in [-0.2, 0) is 6.18 Å². The predicted octanol–water partition coefficient (Wildman–Crippen LogP) is 6.78. The summed E-state index contributed by atoms with van der Waals surface area (Å²) in [5.74, 6) is 0.598. The number of imidazole rings is 1. The molecule has 3 aromatic carbocycles. The molecule has 27 heavy (non-hydrogen) atoms. The summed E-state index contributed by atoms with van der Waals surface area (Å²) in [6.07, 6.45) is -4.40. The largest absolute Gasteiger partial charge is 0.416 e. The predicted molar refractivity (Wildman–Crippen MR) is 104 cm³/mol. The topological polar surface area (TPSA) is 17.8 Å². The maximum atomic E-state index is 13.1. The molecule has 4 rings (SSSR count). The zero-order valence-electron chi connectivity index (χ0n) is 14.3. The van der Waals surface area contributed by atoms with Gasteiger partial charge in [-0.05, 0) is 49.4 Å². The summed E-state index contributed by atoms with van der Waals surface area (Å²) in [4.78, 5) is 4.53. The second kappa shape index (κ2) is 6.53. The van der Waals surface area contributed by atoms with Crippen LogP contribution in [0.1, 0.15) is 11.1 Å². The number of hydrogen-bond acceptors (Lipinski definition) is 1. The van der Waals surface area contributed by atoms with E-state index in [1.54, 1.807) is 0 Å². The van der Waals surface area contributed by atoms with Gasteiger partial charge in [0.1, 0.15) is 5.82 Å². The number of hydrogen-bond donors (Lipinski definition) is 0. The van der Waals surface area contributed by atoms with Gasteiger partial charge >= 0.3 is 6.18 Å². The first-order chi connectivity index (χ1) is 12.8. The average molecular weight is 431 g/mol. The number of alkyl halides is 3.